The molecule has 1 atom stereocenters. The van der Waals surface area contributed by atoms with E-state index in [0.29, 0.717) is 5.75 Å². The summed E-state index contributed by atoms with van der Waals surface area (Å²) < 4.78 is 33.9. The molecule has 0 spiro atoms. The molecule has 1 unspecified atom stereocenters. The Kier molecular flexibility index (Phi) is 8.15. The molecule has 168 valence electrons. The zero-order valence-corrected chi connectivity index (χ0v) is 19.5. The highest BCUT2D eigenvalue weighted by molar-refractivity contribution is 7.89. The number of sulfonamides is 1. The highest BCUT2D eigenvalue weighted by Crippen LogP contribution is 2.29. The van der Waals surface area contributed by atoms with Crippen LogP contribution in [0.4, 0.5) is 0 Å². The Hall–Kier alpha value is -2.58. The van der Waals surface area contributed by atoms with E-state index in [4.69, 9.17) is 27.9 Å². The fourth-order valence-corrected chi connectivity index (χ4v) is 5.52. The summed E-state index contributed by atoms with van der Waals surface area (Å²) in [6.45, 7) is 0.169. The van der Waals surface area contributed by atoms with Gasteiger partial charge >= 0.3 is 0 Å². The Morgan fingerprint density at radius 3 is 2.22 bits per heavy atom. The lowest BCUT2D eigenvalue weighted by Crippen LogP contribution is -2.47. The van der Waals surface area contributed by atoms with Crippen LogP contribution in [-0.4, -0.2) is 27.5 Å². The molecule has 0 saturated carbocycles. The Bertz CT molecular complexity index is 1170. The van der Waals surface area contributed by atoms with Gasteiger partial charge in [0.1, 0.15) is 16.7 Å². The van der Waals surface area contributed by atoms with Crippen molar-refractivity contribution < 1.29 is 17.9 Å². The number of nitrogens with one attached hydrogen (secondary N) is 2. The smallest absolute Gasteiger partial charge is 0.244 e. The molecule has 9 heteroatoms. The van der Waals surface area contributed by atoms with E-state index in [9.17, 15) is 13.2 Å². The van der Waals surface area contributed by atoms with Gasteiger partial charge in [-0.05, 0) is 30.2 Å². The van der Waals surface area contributed by atoms with Gasteiger partial charge in [0, 0.05) is 12.1 Å². The molecular formula is C23H22Cl2N2O4S. The third-order valence-electron chi connectivity index (χ3n) is 4.73. The first-order valence-corrected chi connectivity index (χ1v) is 12.0. The Morgan fingerprint density at radius 2 is 1.56 bits per heavy atom. The summed E-state index contributed by atoms with van der Waals surface area (Å²) >= 11 is 12.2. The molecule has 0 aromatic heterocycles. The third kappa shape index (κ3) is 6.01. The van der Waals surface area contributed by atoms with E-state index in [1.54, 1.807) is 19.2 Å². The van der Waals surface area contributed by atoms with Crippen LogP contribution in [0.15, 0.2) is 77.7 Å². The number of hydrogen-bond acceptors (Lipinski definition) is 4. The molecule has 0 radical (unpaired) electrons. The molecule has 3 rings (SSSR count). The van der Waals surface area contributed by atoms with Gasteiger partial charge in [0.2, 0.25) is 15.9 Å². The highest BCUT2D eigenvalue weighted by Gasteiger charge is 2.29. The number of halogens is 2. The Morgan fingerprint density at radius 1 is 0.938 bits per heavy atom. The number of ether oxygens (including phenoxy) is 1. The largest absolute Gasteiger partial charge is 0.496 e. The average molecular weight is 493 g/mol. The van der Waals surface area contributed by atoms with Gasteiger partial charge in [0.25, 0.3) is 0 Å². The van der Waals surface area contributed by atoms with Crippen LogP contribution in [0, 0.1) is 0 Å². The van der Waals surface area contributed by atoms with E-state index >= 15 is 0 Å². The van der Waals surface area contributed by atoms with Crippen molar-refractivity contribution in [2.75, 3.05) is 7.11 Å². The fraction of sp³-hybridized carbons (Fsp3) is 0.174. The van der Waals surface area contributed by atoms with E-state index in [2.05, 4.69) is 10.0 Å². The Balaban J connectivity index is 1.85. The van der Waals surface area contributed by atoms with Crippen LogP contribution in [0.1, 0.15) is 11.1 Å². The van der Waals surface area contributed by atoms with Gasteiger partial charge in [-0.15, -0.1) is 0 Å². The first-order valence-electron chi connectivity index (χ1n) is 9.71. The van der Waals surface area contributed by atoms with E-state index in [-0.39, 0.29) is 27.9 Å². The molecule has 0 aliphatic rings. The zero-order chi connectivity index (χ0) is 23.1. The molecular weight excluding hydrogens is 471 g/mol. The second-order valence-corrected chi connectivity index (χ2v) is 9.41. The summed E-state index contributed by atoms with van der Waals surface area (Å²) in [5.74, 6) is 0.127. The minimum atomic E-state index is -4.18. The first-order chi connectivity index (χ1) is 15.3. The number of benzene rings is 3. The number of carbonyl (C=O) groups is 1. The summed E-state index contributed by atoms with van der Waals surface area (Å²) in [4.78, 5) is 12.8. The average Bonchev–Trinajstić information content (AvgIpc) is 2.77. The van der Waals surface area contributed by atoms with Crippen molar-refractivity contribution in [1.82, 2.24) is 10.0 Å². The van der Waals surface area contributed by atoms with Gasteiger partial charge < -0.3 is 10.1 Å². The van der Waals surface area contributed by atoms with Crippen LogP contribution in [-0.2, 0) is 27.8 Å². The maximum Gasteiger partial charge on any atom is 0.244 e. The molecule has 0 heterocycles. The summed E-state index contributed by atoms with van der Waals surface area (Å²) in [7, 11) is -2.64. The lowest BCUT2D eigenvalue weighted by molar-refractivity contribution is -0.122. The molecule has 3 aromatic rings. The molecule has 0 bridgehead atoms. The van der Waals surface area contributed by atoms with Crippen LogP contribution >= 0.6 is 23.2 Å². The van der Waals surface area contributed by atoms with Crippen molar-refractivity contribution >= 4 is 39.1 Å². The normalized spacial score (nSPS) is 12.2. The number of rotatable bonds is 9. The van der Waals surface area contributed by atoms with Crippen LogP contribution in [0.2, 0.25) is 10.0 Å². The topological polar surface area (TPSA) is 84.5 Å². The molecule has 0 saturated heterocycles. The van der Waals surface area contributed by atoms with E-state index in [0.717, 1.165) is 11.1 Å². The molecule has 6 nitrogen and oxygen atoms in total. The van der Waals surface area contributed by atoms with Gasteiger partial charge in [0.15, 0.2) is 0 Å². The zero-order valence-electron chi connectivity index (χ0n) is 17.2. The third-order valence-corrected chi connectivity index (χ3v) is 7.16. The molecule has 1 amide bonds. The van der Waals surface area contributed by atoms with Crippen molar-refractivity contribution in [3.8, 4) is 5.75 Å². The highest BCUT2D eigenvalue weighted by atomic mass is 35.5. The van der Waals surface area contributed by atoms with Crippen LogP contribution in [0.25, 0.3) is 0 Å². The molecule has 32 heavy (non-hydrogen) atoms. The van der Waals surface area contributed by atoms with Crippen molar-refractivity contribution in [3.05, 3.63) is 94.0 Å². The van der Waals surface area contributed by atoms with Gasteiger partial charge in [-0.3, -0.25) is 4.79 Å². The maximum absolute atomic E-state index is 13.1. The number of carbonyl (C=O) groups excluding carboxylic acids is 1. The fourth-order valence-electron chi connectivity index (χ4n) is 3.18. The quantitative estimate of drug-likeness (QED) is 0.468. The van der Waals surface area contributed by atoms with Gasteiger partial charge in [-0.25, -0.2) is 8.42 Å². The first kappa shape index (κ1) is 24.1. The van der Waals surface area contributed by atoms with Gasteiger partial charge in [-0.1, -0.05) is 77.8 Å². The summed E-state index contributed by atoms with van der Waals surface area (Å²) in [6, 6.07) is 19.7. The second-order valence-electron chi connectivity index (χ2n) is 6.94. The standard InChI is InChI=1S/C23H22Cl2N2O4S/c1-31-21-13-6-5-10-17(21)15-26-23(28)20(14-16-8-3-2-4-9-16)27-32(29,30)22-18(24)11-7-12-19(22)25/h2-13,20,27H,14-15H2,1H3,(H,26,28). The minimum absolute atomic E-state index is 0.0297. The maximum atomic E-state index is 13.1. The van der Waals surface area contributed by atoms with E-state index in [1.165, 1.54) is 12.1 Å². The van der Waals surface area contributed by atoms with Crippen molar-refractivity contribution in [3.63, 3.8) is 0 Å². The van der Waals surface area contributed by atoms with Crippen LogP contribution in [0.3, 0.4) is 0 Å². The predicted molar refractivity (Wildman–Crippen MR) is 126 cm³/mol. The Labute approximate surface area is 197 Å². The van der Waals surface area contributed by atoms with Crippen molar-refractivity contribution in [2.24, 2.45) is 0 Å². The second kappa shape index (κ2) is 10.8. The monoisotopic (exact) mass is 492 g/mol. The SMILES string of the molecule is COc1ccccc1CNC(=O)C(Cc1ccccc1)NS(=O)(=O)c1c(Cl)cccc1Cl. The van der Waals surface area contributed by atoms with Crippen molar-refractivity contribution in [2.45, 2.75) is 23.9 Å². The summed E-state index contributed by atoms with van der Waals surface area (Å²) in [5, 5.41) is 2.73. The molecule has 0 fully saturated rings. The molecule has 3 aromatic carbocycles. The predicted octanol–water partition coefficient (Wildman–Crippen LogP) is 4.21. The number of amides is 1. The molecule has 0 aliphatic carbocycles. The molecule has 0 aliphatic heterocycles. The van der Waals surface area contributed by atoms with Gasteiger partial charge in [-0.2, -0.15) is 4.72 Å². The number of methoxy groups -OCH3 is 1. The van der Waals surface area contributed by atoms with Crippen molar-refractivity contribution in [1.29, 1.82) is 0 Å². The van der Waals surface area contributed by atoms with E-state index in [1.807, 2.05) is 48.5 Å². The minimum Gasteiger partial charge on any atom is -0.496 e. The van der Waals surface area contributed by atoms with Gasteiger partial charge in [0.05, 0.1) is 17.2 Å². The summed E-state index contributed by atoms with van der Waals surface area (Å²) in [6.07, 6.45) is 0.139. The molecule has 2 N–H and O–H groups in total. The lowest BCUT2D eigenvalue weighted by atomic mass is 10.1. The summed E-state index contributed by atoms with van der Waals surface area (Å²) in [5.41, 5.74) is 1.55. The number of hydrogen-bond donors (Lipinski definition) is 2. The van der Waals surface area contributed by atoms with E-state index < -0.39 is 22.0 Å². The van der Waals surface area contributed by atoms with Crippen LogP contribution in [0.5, 0.6) is 5.75 Å². The van der Waals surface area contributed by atoms with Crippen LogP contribution < -0.4 is 14.8 Å². The number of para-hydroxylation sites is 1. The lowest BCUT2D eigenvalue weighted by Gasteiger charge is -2.20.